The molecule has 1 heterocycles. The van der Waals surface area contributed by atoms with Crippen LogP contribution in [0.15, 0.2) is 36.4 Å². The fourth-order valence-corrected chi connectivity index (χ4v) is 3.46. The van der Waals surface area contributed by atoms with E-state index in [1.807, 2.05) is 18.2 Å². The van der Waals surface area contributed by atoms with Crippen molar-refractivity contribution >= 4 is 17.3 Å². The molecule has 0 saturated heterocycles. The first-order valence-corrected chi connectivity index (χ1v) is 7.26. The number of halogens is 1. The number of benzene rings is 2. The summed E-state index contributed by atoms with van der Waals surface area (Å²) in [6, 6.07) is 12.4. The topological polar surface area (TPSA) is 29.3 Å². The Bertz CT molecular complexity index is 651. The Kier molecular flexibility index (Phi) is 3.45. The summed E-state index contributed by atoms with van der Waals surface area (Å²) in [5.74, 6) is 0.294. The smallest absolute Gasteiger partial charge is 0.0456 e. The number of nitrogen functional groups attached to an aromatic ring is 1. The average Bonchev–Trinajstić information content (AvgIpc) is 2.40. The Balaban J connectivity index is 2.18. The molecule has 1 aliphatic rings. The number of hydrogen-bond donors (Lipinski definition) is 1. The highest BCUT2D eigenvalue weighted by atomic mass is 35.5. The third-order valence-corrected chi connectivity index (χ3v) is 4.38. The Morgan fingerprint density at radius 3 is 2.70 bits per heavy atom. The van der Waals surface area contributed by atoms with Crippen molar-refractivity contribution in [2.75, 3.05) is 19.3 Å². The van der Waals surface area contributed by atoms with Crippen LogP contribution < -0.4 is 5.73 Å². The molecule has 2 nitrogen and oxygen atoms in total. The quantitative estimate of drug-likeness (QED) is 0.808. The van der Waals surface area contributed by atoms with E-state index in [2.05, 4.69) is 37.1 Å². The number of para-hydroxylation sites is 1. The van der Waals surface area contributed by atoms with Crippen LogP contribution >= 0.6 is 11.6 Å². The number of nitrogens with two attached hydrogens (primary N) is 1. The second-order valence-corrected chi connectivity index (χ2v) is 6.10. The van der Waals surface area contributed by atoms with Crippen molar-refractivity contribution in [2.24, 2.45) is 0 Å². The van der Waals surface area contributed by atoms with Crippen LogP contribution in [-0.4, -0.2) is 18.5 Å². The minimum atomic E-state index is 0.294. The van der Waals surface area contributed by atoms with Gasteiger partial charge in [-0.2, -0.15) is 0 Å². The fourth-order valence-electron chi connectivity index (χ4n) is 3.12. The highest BCUT2D eigenvalue weighted by Crippen LogP contribution is 2.38. The van der Waals surface area contributed by atoms with E-state index in [9.17, 15) is 0 Å². The van der Waals surface area contributed by atoms with Crippen LogP contribution in [0.25, 0.3) is 0 Å². The molecule has 1 atom stereocenters. The summed E-state index contributed by atoms with van der Waals surface area (Å²) >= 11 is 6.45. The summed E-state index contributed by atoms with van der Waals surface area (Å²) < 4.78 is 0. The molecule has 0 fully saturated rings. The van der Waals surface area contributed by atoms with Crippen LogP contribution in [-0.2, 0) is 6.54 Å². The largest absolute Gasteiger partial charge is 0.398 e. The van der Waals surface area contributed by atoms with Crippen molar-refractivity contribution in [1.82, 2.24) is 4.90 Å². The molecule has 0 aliphatic carbocycles. The lowest BCUT2D eigenvalue weighted by Gasteiger charge is -2.34. The van der Waals surface area contributed by atoms with Crippen LogP contribution in [0.2, 0.25) is 5.02 Å². The normalized spacial score (nSPS) is 18.9. The molecule has 1 aliphatic heterocycles. The molecule has 2 aromatic rings. The molecule has 0 saturated carbocycles. The van der Waals surface area contributed by atoms with Gasteiger partial charge in [0, 0.05) is 29.7 Å². The second-order valence-electron chi connectivity index (χ2n) is 5.69. The third kappa shape index (κ3) is 2.30. The van der Waals surface area contributed by atoms with E-state index >= 15 is 0 Å². The summed E-state index contributed by atoms with van der Waals surface area (Å²) in [4.78, 5) is 2.31. The van der Waals surface area contributed by atoms with E-state index in [0.29, 0.717) is 5.92 Å². The molecular formula is C17H19ClN2. The van der Waals surface area contributed by atoms with E-state index in [-0.39, 0.29) is 0 Å². The summed E-state index contributed by atoms with van der Waals surface area (Å²) in [6.45, 7) is 3.97. The van der Waals surface area contributed by atoms with Gasteiger partial charge in [0.05, 0.1) is 0 Å². The van der Waals surface area contributed by atoms with Gasteiger partial charge in [-0.25, -0.2) is 0 Å². The van der Waals surface area contributed by atoms with Crippen molar-refractivity contribution in [3.8, 4) is 0 Å². The summed E-state index contributed by atoms with van der Waals surface area (Å²) in [7, 11) is 2.13. The maximum Gasteiger partial charge on any atom is 0.0456 e. The molecule has 2 aromatic carbocycles. The van der Waals surface area contributed by atoms with Crippen LogP contribution in [0.4, 0.5) is 5.69 Å². The predicted octanol–water partition coefficient (Wildman–Crippen LogP) is 3.81. The molecule has 0 radical (unpaired) electrons. The van der Waals surface area contributed by atoms with Crippen LogP contribution in [0.3, 0.4) is 0 Å². The minimum absolute atomic E-state index is 0.294. The molecule has 3 heteroatoms. The van der Waals surface area contributed by atoms with E-state index < -0.39 is 0 Å². The van der Waals surface area contributed by atoms with Gasteiger partial charge in [0.15, 0.2) is 0 Å². The zero-order valence-corrected chi connectivity index (χ0v) is 12.6. The first-order valence-electron chi connectivity index (χ1n) is 6.88. The van der Waals surface area contributed by atoms with Gasteiger partial charge < -0.3 is 10.6 Å². The number of rotatable bonds is 1. The average molecular weight is 287 g/mol. The van der Waals surface area contributed by atoms with E-state index in [1.54, 1.807) is 0 Å². The minimum Gasteiger partial charge on any atom is -0.398 e. The number of anilines is 1. The lowest BCUT2D eigenvalue weighted by Crippen LogP contribution is -2.31. The van der Waals surface area contributed by atoms with Crippen LogP contribution in [0.5, 0.6) is 0 Å². The Morgan fingerprint density at radius 1 is 1.20 bits per heavy atom. The lowest BCUT2D eigenvalue weighted by atomic mass is 9.83. The SMILES string of the molecule is Cc1cc(Cl)c2c(c1)C(c1ccccc1N)CN(C)C2. The maximum absolute atomic E-state index is 6.45. The van der Waals surface area contributed by atoms with Crippen LogP contribution in [0, 0.1) is 6.92 Å². The Hall–Kier alpha value is -1.51. The van der Waals surface area contributed by atoms with Gasteiger partial charge in [0.1, 0.15) is 0 Å². The summed E-state index contributed by atoms with van der Waals surface area (Å²) in [5, 5.41) is 0.867. The summed E-state index contributed by atoms with van der Waals surface area (Å²) in [6.07, 6.45) is 0. The van der Waals surface area contributed by atoms with Gasteiger partial charge in [-0.15, -0.1) is 0 Å². The molecular weight excluding hydrogens is 268 g/mol. The highest BCUT2D eigenvalue weighted by Gasteiger charge is 2.27. The zero-order chi connectivity index (χ0) is 14.3. The molecule has 1 unspecified atom stereocenters. The number of nitrogens with zero attached hydrogens (tertiary/aromatic N) is 1. The third-order valence-electron chi connectivity index (χ3n) is 4.04. The van der Waals surface area contributed by atoms with Gasteiger partial charge >= 0.3 is 0 Å². The van der Waals surface area contributed by atoms with Crippen molar-refractivity contribution in [3.05, 3.63) is 63.7 Å². The van der Waals surface area contributed by atoms with E-state index in [4.69, 9.17) is 17.3 Å². The first kappa shape index (κ1) is 13.5. The molecule has 0 aromatic heterocycles. The van der Waals surface area contributed by atoms with Crippen molar-refractivity contribution < 1.29 is 0 Å². The van der Waals surface area contributed by atoms with Crippen molar-refractivity contribution in [3.63, 3.8) is 0 Å². The zero-order valence-electron chi connectivity index (χ0n) is 11.9. The van der Waals surface area contributed by atoms with Crippen molar-refractivity contribution in [1.29, 1.82) is 0 Å². The molecule has 0 bridgehead atoms. The van der Waals surface area contributed by atoms with Gasteiger partial charge in [0.25, 0.3) is 0 Å². The van der Waals surface area contributed by atoms with Gasteiger partial charge in [0.2, 0.25) is 0 Å². The molecule has 0 amide bonds. The fraction of sp³-hybridized carbons (Fsp3) is 0.294. The van der Waals surface area contributed by atoms with Crippen molar-refractivity contribution in [2.45, 2.75) is 19.4 Å². The first-order chi connectivity index (χ1) is 9.56. The number of hydrogen-bond acceptors (Lipinski definition) is 2. The monoisotopic (exact) mass is 286 g/mol. The molecule has 3 rings (SSSR count). The van der Waals surface area contributed by atoms with Gasteiger partial charge in [-0.05, 0) is 48.4 Å². The van der Waals surface area contributed by atoms with E-state index in [0.717, 1.165) is 23.8 Å². The van der Waals surface area contributed by atoms with Gasteiger partial charge in [-0.3, -0.25) is 0 Å². The van der Waals surface area contributed by atoms with E-state index in [1.165, 1.54) is 22.3 Å². The molecule has 2 N–H and O–H groups in total. The summed E-state index contributed by atoms with van der Waals surface area (Å²) in [5.41, 5.74) is 12.0. The Morgan fingerprint density at radius 2 is 1.95 bits per heavy atom. The number of aryl methyl sites for hydroxylation is 1. The standard InChI is InChI=1S/C17H19ClN2/c1-11-7-13-14(12-5-3-4-6-17(12)19)9-20(2)10-15(13)16(18)8-11/h3-8,14H,9-10,19H2,1-2H3. The Labute approximate surface area is 125 Å². The van der Waals surface area contributed by atoms with Crippen LogP contribution in [0.1, 0.15) is 28.2 Å². The molecule has 104 valence electrons. The predicted molar refractivity (Wildman–Crippen MR) is 85.2 cm³/mol. The van der Waals surface area contributed by atoms with Gasteiger partial charge in [-0.1, -0.05) is 35.9 Å². The second kappa shape index (κ2) is 5.12. The maximum atomic E-state index is 6.45. The molecule has 20 heavy (non-hydrogen) atoms. The highest BCUT2D eigenvalue weighted by molar-refractivity contribution is 6.31. The number of likely N-dealkylation sites (N-methyl/N-ethyl adjacent to an activating group) is 1. The number of fused-ring (bicyclic) bond motifs is 1. The molecule has 0 spiro atoms. The lowest BCUT2D eigenvalue weighted by molar-refractivity contribution is 0.295.